The molecule has 7 nitrogen and oxygen atoms in total. The Bertz CT molecular complexity index is 847. The molecular formula is C22H27N3O4. The molecule has 2 aromatic carbocycles. The second-order valence-electron chi connectivity index (χ2n) is 6.86. The van der Waals surface area contributed by atoms with Crippen molar-refractivity contribution in [2.45, 2.75) is 33.6 Å². The SMILES string of the molecule is CCCCOc1cccc(C(=O)NNC(=O)c2ccc(NC(=O)C(C)C)cc2)c1. The van der Waals surface area contributed by atoms with Crippen LogP contribution in [0, 0.1) is 5.92 Å². The maximum Gasteiger partial charge on any atom is 0.269 e. The summed E-state index contributed by atoms with van der Waals surface area (Å²) in [6, 6.07) is 13.2. The minimum absolute atomic E-state index is 0.102. The summed E-state index contributed by atoms with van der Waals surface area (Å²) >= 11 is 0. The molecule has 29 heavy (non-hydrogen) atoms. The third-order valence-electron chi connectivity index (χ3n) is 4.09. The lowest BCUT2D eigenvalue weighted by atomic mass is 10.1. The minimum Gasteiger partial charge on any atom is -0.494 e. The Morgan fingerprint density at radius 3 is 2.21 bits per heavy atom. The first kappa shape index (κ1) is 21.9. The van der Waals surface area contributed by atoms with Crippen LogP contribution in [0.25, 0.3) is 0 Å². The zero-order valence-corrected chi connectivity index (χ0v) is 17.0. The first-order chi connectivity index (χ1) is 13.9. The van der Waals surface area contributed by atoms with Gasteiger partial charge in [0.2, 0.25) is 5.91 Å². The van der Waals surface area contributed by atoms with E-state index < -0.39 is 11.8 Å². The molecule has 0 unspecified atom stereocenters. The van der Waals surface area contributed by atoms with Crippen molar-refractivity contribution in [3.05, 3.63) is 59.7 Å². The summed E-state index contributed by atoms with van der Waals surface area (Å²) in [5.41, 5.74) is 6.10. The normalized spacial score (nSPS) is 10.3. The Morgan fingerprint density at radius 2 is 1.59 bits per heavy atom. The molecule has 0 saturated heterocycles. The number of hydrogen-bond donors (Lipinski definition) is 3. The van der Waals surface area contributed by atoms with Gasteiger partial charge in [0.05, 0.1) is 6.61 Å². The van der Waals surface area contributed by atoms with Crippen LogP contribution in [0.1, 0.15) is 54.3 Å². The van der Waals surface area contributed by atoms with Gasteiger partial charge >= 0.3 is 0 Å². The fraction of sp³-hybridized carbons (Fsp3) is 0.318. The number of ether oxygens (including phenoxy) is 1. The van der Waals surface area contributed by atoms with Crippen molar-refractivity contribution in [1.29, 1.82) is 0 Å². The molecule has 0 aliphatic heterocycles. The van der Waals surface area contributed by atoms with Crippen LogP contribution in [-0.2, 0) is 4.79 Å². The minimum atomic E-state index is -0.463. The third kappa shape index (κ3) is 6.95. The number of carbonyl (C=O) groups excluding carboxylic acids is 3. The summed E-state index contributed by atoms with van der Waals surface area (Å²) in [5.74, 6) is -0.536. The zero-order chi connectivity index (χ0) is 21.2. The number of benzene rings is 2. The third-order valence-corrected chi connectivity index (χ3v) is 4.09. The predicted molar refractivity (Wildman–Crippen MR) is 112 cm³/mol. The summed E-state index contributed by atoms with van der Waals surface area (Å²) in [7, 11) is 0. The first-order valence-corrected chi connectivity index (χ1v) is 9.65. The standard InChI is InChI=1S/C22H27N3O4/c1-4-5-13-29-19-8-6-7-17(14-19)22(28)25-24-21(27)16-9-11-18(12-10-16)23-20(26)15(2)3/h6-12,14-15H,4-5,13H2,1-3H3,(H,23,26)(H,24,27)(H,25,28). The molecule has 2 rings (SSSR count). The highest BCUT2D eigenvalue weighted by atomic mass is 16.5. The van der Waals surface area contributed by atoms with Crippen molar-refractivity contribution in [1.82, 2.24) is 10.9 Å². The number of hydrazine groups is 1. The Hall–Kier alpha value is -3.35. The molecule has 0 heterocycles. The summed E-state index contributed by atoms with van der Waals surface area (Å²) in [6.07, 6.45) is 1.96. The highest BCUT2D eigenvalue weighted by molar-refractivity contribution is 5.99. The van der Waals surface area contributed by atoms with Crippen molar-refractivity contribution < 1.29 is 19.1 Å². The second kappa shape index (κ2) is 10.8. The molecule has 154 valence electrons. The van der Waals surface area contributed by atoms with Crippen LogP contribution in [0.15, 0.2) is 48.5 Å². The van der Waals surface area contributed by atoms with Gasteiger partial charge in [-0.05, 0) is 48.9 Å². The summed E-state index contributed by atoms with van der Waals surface area (Å²) in [6.45, 7) is 6.26. The predicted octanol–water partition coefficient (Wildman–Crippen LogP) is 3.53. The van der Waals surface area contributed by atoms with Crippen molar-refractivity contribution in [3.63, 3.8) is 0 Å². The van der Waals surface area contributed by atoms with Gasteiger partial charge in [0.15, 0.2) is 0 Å². The van der Waals surface area contributed by atoms with Crippen LogP contribution in [0.4, 0.5) is 5.69 Å². The van der Waals surface area contributed by atoms with E-state index in [2.05, 4.69) is 23.1 Å². The highest BCUT2D eigenvalue weighted by Crippen LogP contribution is 2.14. The van der Waals surface area contributed by atoms with Crippen LogP contribution in [-0.4, -0.2) is 24.3 Å². The molecule has 0 radical (unpaired) electrons. The van der Waals surface area contributed by atoms with Gasteiger partial charge in [-0.1, -0.05) is 33.3 Å². The molecule has 0 aliphatic rings. The zero-order valence-electron chi connectivity index (χ0n) is 17.0. The van der Waals surface area contributed by atoms with E-state index in [0.29, 0.717) is 29.2 Å². The van der Waals surface area contributed by atoms with Gasteiger partial charge in [-0.15, -0.1) is 0 Å². The maximum absolute atomic E-state index is 12.3. The first-order valence-electron chi connectivity index (χ1n) is 9.65. The van der Waals surface area contributed by atoms with Crippen molar-refractivity contribution in [3.8, 4) is 5.75 Å². The Balaban J connectivity index is 1.89. The molecule has 0 fully saturated rings. The van der Waals surface area contributed by atoms with Crippen LogP contribution < -0.4 is 20.9 Å². The molecule has 3 amide bonds. The smallest absolute Gasteiger partial charge is 0.269 e. The van der Waals surface area contributed by atoms with Crippen molar-refractivity contribution in [2.24, 2.45) is 5.92 Å². The molecule has 0 bridgehead atoms. The number of unbranched alkanes of at least 4 members (excludes halogenated alkanes) is 1. The van der Waals surface area contributed by atoms with E-state index >= 15 is 0 Å². The monoisotopic (exact) mass is 397 g/mol. The Labute approximate surface area is 170 Å². The topological polar surface area (TPSA) is 96.5 Å². The van der Waals surface area contributed by atoms with E-state index in [4.69, 9.17) is 4.74 Å². The molecule has 0 saturated carbocycles. The van der Waals surface area contributed by atoms with E-state index in [1.165, 1.54) is 0 Å². The Morgan fingerprint density at radius 1 is 0.931 bits per heavy atom. The Kier molecular flexibility index (Phi) is 8.21. The van der Waals surface area contributed by atoms with Gasteiger partial charge in [0.25, 0.3) is 11.8 Å². The van der Waals surface area contributed by atoms with Gasteiger partial charge < -0.3 is 10.1 Å². The number of nitrogens with one attached hydrogen (secondary N) is 3. The lowest BCUT2D eigenvalue weighted by Gasteiger charge is -2.10. The van der Waals surface area contributed by atoms with Gasteiger partial charge in [0, 0.05) is 22.7 Å². The maximum atomic E-state index is 12.3. The van der Waals surface area contributed by atoms with Crippen LogP contribution in [0.3, 0.4) is 0 Å². The van der Waals surface area contributed by atoms with Crippen LogP contribution >= 0.6 is 0 Å². The summed E-state index contributed by atoms with van der Waals surface area (Å²) in [4.78, 5) is 36.2. The van der Waals surface area contributed by atoms with Gasteiger partial charge in [0.1, 0.15) is 5.75 Å². The number of hydrogen-bond acceptors (Lipinski definition) is 4. The van der Waals surface area contributed by atoms with E-state index in [1.807, 2.05) is 0 Å². The average molecular weight is 397 g/mol. The van der Waals surface area contributed by atoms with Gasteiger partial charge in [-0.3, -0.25) is 25.2 Å². The van der Waals surface area contributed by atoms with Crippen LogP contribution in [0.2, 0.25) is 0 Å². The van der Waals surface area contributed by atoms with E-state index in [1.54, 1.807) is 62.4 Å². The van der Waals surface area contributed by atoms with Crippen molar-refractivity contribution in [2.75, 3.05) is 11.9 Å². The number of anilines is 1. The van der Waals surface area contributed by atoms with E-state index in [9.17, 15) is 14.4 Å². The second-order valence-corrected chi connectivity index (χ2v) is 6.86. The molecule has 0 atom stereocenters. The highest BCUT2D eigenvalue weighted by Gasteiger charge is 2.11. The fourth-order valence-corrected chi connectivity index (χ4v) is 2.31. The molecule has 0 aromatic heterocycles. The largest absolute Gasteiger partial charge is 0.494 e. The molecule has 7 heteroatoms. The number of carbonyl (C=O) groups is 3. The average Bonchev–Trinajstić information content (AvgIpc) is 2.72. The van der Waals surface area contributed by atoms with Crippen LogP contribution in [0.5, 0.6) is 5.75 Å². The quantitative estimate of drug-likeness (QED) is 0.469. The van der Waals surface area contributed by atoms with E-state index in [-0.39, 0.29) is 11.8 Å². The lowest BCUT2D eigenvalue weighted by Crippen LogP contribution is -2.41. The summed E-state index contributed by atoms with van der Waals surface area (Å²) in [5, 5.41) is 2.75. The molecule has 0 aliphatic carbocycles. The van der Waals surface area contributed by atoms with Gasteiger partial charge in [-0.2, -0.15) is 0 Å². The molecular weight excluding hydrogens is 370 g/mol. The lowest BCUT2D eigenvalue weighted by molar-refractivity contribution is -0.118. The van der Waals surface area contributed by atoms with Gasteiger partial charge in [-0.25, -0.2) is 0 Å². The molecule has 0 spiro atoms. The fourth-order valence-electron chi connectivity index (χ4n) is 2.31. The number of rotatable bonds is 8. The van der Waals surface area contributed by atoms with E-state index in [0.717, 1.165) is 12.8 Å². The molecule has 3 N–H and O–H groups in total. The summed E-state index contributed by atoms with van der Waals surface area (Å²) < 4.78 is 5.59. The van der Waals surface area contributed by atoms with Crippen molar-refractivity contribution >= 4 is 23.4 Å². The number of amides is 3. The molecule has 2 aromatic rings.